The molecule has 0 aliphatic rings. The van der Waals surface area contributed by atoms with E-state index in [-0.39, 0.29) is 39.7 Å². The second kappa shape index (κ2) is 18.8. The van der Waals surface area contributed by atoms with E-state index in [1.165, 1.54) is 50.6 Å². The SMILES string of the molecule is COc1cc(C(=O)O[C@@H](C(=O)O)[C@@H](OC(=O)c2ccc(OC(C)=O)c(OC)c2)C(=O)NNC(=O)c2ccc(NC(=O)c3ccccc3)cc2)ccc1OC(C)=O. The molecule has 4 aromatic carbocycles. The van der Waals surface area contributed by atoms with Crippen LogP contribution in [0.1, 0.15) is 55.3 Å². The van der Waals surface area contributed by atoms with Crippen LogP contribution in [0, 0.1) is 0 Å². The zero-order valence-electron chi connectivity index (χ0n) is 30.0. The normalized spacial score (nSPS) is 11.4. The average Bonchev–Trinajstić information content (AvgIpc) is 3.18. The van der Waals surface area contributed by atoms with E-state index in [9.17, 15) is 43.5 Å². The molecule has 0 unspecified atom stereocenters. The first-order valence-electron chi connectivity index (χ1n) is 16.1. The molecule has 4 N–H and O–H groups in total. The van der Waals surface area contributed by atoms with Crippen molar-refractivity contribution in [3.05, 3.63) is 113 Å². The van der Waals surface area contributed by atoms with Crippen LogP contribution >= 0.6 is 0 Å². The molecule has 0 fully saturated rings. The van der Waals surface area contributed by atoms with Gasteiger partial charge >= 0.3 is 29.8 Å². The first kappa shape index (κ1) is 41.0. The van der Waals surface area contributed by atoms with Crippen LogP contribution in [0.4, 0.5) is 5.69 Å². The van der Waals surface area contributed by atoms with Crippen LogP contribution in [-0.4, -0.2) is 79.1 Å². The number of ether oxygens (including phenoxy) is 6. The monoisotopic (exact) mass is 771 g/mol. The van der Waals surface area contributed by atoms with Crippen molar-refractivity contribution in [1.29, 1.82) is 0 Å². The highest BCUT2D eigenvalue weighted by atomic mass is 16.6. The lowest BCUT2D eigenvalue weighted by Crippen LogP contribution is -2.54. The number of carboxylic acids is 1. The van der Waals surface area contributed by atoms with Crippen LogP contribution in [0.3, 0.4) is 0 Å². The Morgan fingerprint density at radius 2 is 1.00 bits per heavy atom. The number of rotatable bonds is 14. The van der Waals surface area contributed by atoms with Crippen molar-refractivity contribution in [3.8, 4) is 23.0 Å². The van der Waals surface area contributed by atoms with Gasteiger partial charge in [-0.1, -0.05) is 18.2 Å². The number of hydrogen-bond acceptors (Lipinski definition) is 14. The topological polar surface area (TPSA) is 248 Å². The largest absolute Gasteiger partial charge is 0.493 e. The third-order valence-electron chi connectivity index (χ3n) is 7.29. The predicted molar refractivity (Wildman–Crippen MR) is 191 cm³/mol. The Bertz CT molecular complexity index is 2150. The molecule has 3 amide bonds. The number of nitrogens with one attached hydrogen (secondary N) is 3. The zero-order valence-corrected chi connectivity index (χ0v) is 30.0. The molecule has 0 spiro atoms. The maximum Gasteiger partial charge on any atom is 0.349 e. The van der Waals surface area contributed by atoms with Crippen molar-refractivity contribution in [2.24, 2.45) is 0 Å². The Balaban J connectivity index is 1.57. The van der Waals surface area contributed by atoms with E-state index < -0.39 is 59.8 Å². The number of carbonyl (C=O) groups is 8. The Labute approximate surface area is 317 Å². The standard InChI is InChI=1S/C38H33N3O15/c1-20(42)53-27-16-12-24(18-29(27)51-3)37(49)55-31(32(36(47)48)56-38(50)25-13-17-28(54-21(2)43)30(19-25)52-4)35(46)41-40-34(45)23-10-14-26(15-11-23)39-33(44)22-8-6-5-7-9-22/h5-19,31-32H,1-4H3,(H,39,44)(H,40,45)(H,41,46)(H,47,48)/t31-,32-/m1/s1. The van der Waals surface area contributed by atoms with Crippen molar-refractivity contribution < 1.29 is 71.9 Å². The molecule has 4 aromatic rings. The van der Waals surface area contributed by atoms with Crippen LogP contribution < -0.4 is 35.1 Å². The smallest absolute Gasteiger partial charge is 0.349 e. The van der Waals surface area contributed by atoms with Crippen LogP contribution in [-0.2, 0) is 28.7 Å². The minimum absolute atomic E-state index is 0.0242. The van der Waals surface area contributed by atoms with Gasteiger partial charge in [0, 0.05) is 30.7 Å². The molecule has 0 aromatic heterocycles. The predicted octanol–water partition coefficient (Wildman–Crippen LogP) is 3.10. The number of hydrogen-bond donors (Lipinski definition) is 4. The van der Waals surface area contributed by atoms with Gasteiger partial charge in [0.1, 0.15) is 0 Å². The summed E-state index contributed by atoms with van der Waals surface area (Å²) in [4.78, 5) is 101. The van der Waals surface area contributed by atoms with Gasteiger partial charge in [0.25, 0.3) is 17.7 Å². The van der Waals surface area contributed by atoms with Gasteiger partial charge in [-0.05, 0) is 72.8 Å². The van der Waals surface area contributed by atoms with Crippen LogP contribution in [0.5, 0.6) is 23.0 Å². The lowest BCUT2D eigenvalue weighted by molar-refractivity contribution is -0.159. The summed E-state index contributed by atoms with van der Waals surface area (Å²) >= 11 is 0. The number of benzene rings is 4. The van der Waals surface area contributed by atoms with E-state index in [1.807, 2.05) is 5.43 Å². The van der Waals surface area contributed by atoms with Crippen molar-refractivity contribution in [2.75, 3.05) is 19.5 Å². The van der Waals surface area contributed by atoms with Gasteiger partial charge in [0.05, 0.1) is 25.3 Å². The fraction of sp³-hybridized carbons (Fsp3) is 0.158. The minimum atomic E-state index is -2.53. The molecule has 0 saturated carbocycles. The van der Waals surface area contributed by atoms with Crippen LogP contribution in [0.2, 0.25) is 0 Å². The van der Waals surface area contributed by atoms with Crippen molar-refractivity contribution in [1.82, 2.24) is 10.9 Å². The number of hydrazine groups is 1. The molecule has 0 heterocycles. The molecule has 0 radical (unpaired) electrons. The lowest BCUT2D eigenvalue weighted by atomic mass is 10.1. The van der Waals surface area contributed by atoms with Gasteiger partial charge in [0.2, 0.25) is 12.2 Å². The fourth-order valence-corrected chi connectivity index (χ4v) is 4.69. The summed E-state index contributed by atoms with van der Waals surface area (Å²) in [6, 6.07) is 20.5. The molecule has 2 atom stereocenters. The molecule has 18 heteroatoms. The van der Waals surface area contributed by atoms with Gasteiger partial charge in [0.15, 0.2) is 23.0 Å². The van der Waals surface area contributed by atoms with Gasteiger partial charge < -0.3 is 38.8 Å². The summed E-state index contributed by atoms with van der Waals surface area (Å²) in [6.07, 6.45) is -4.99. The van der Waals surface area contributed by atoms with Gasteiger partial charge in [-0.3, -0.25) is 34.8 Å². The van der Waals surface area contributed by atoms with E-state index in [4.69, 9.17) is 28.4 Å². The maximum atomic E-state index is 13.5. The Hall–Kier alpha value is -7.76. The Kier molecular flexibility index (Phi) is 13.8. The number of amides is 3. The molecule has 56 heavy (non-hydrogen) atoms. The summed E-state index contributed by atoms with van der Waals surface area (Å²) in [5.41, 5.74) is 4.09. The molecule has 0 saturated heterocycles. The minimum Gasteiger partial charge on any atom is -0.493 e. The van der Waals surface area contributed by atoms with Crippen molar-refractivity contribution in [3.63, 3.8) is 0 Å². The highest BCUT2D eigenvalue weighted by molar-refractivity contribution is 6.05. The second-order valence-electron chi connectivity index (χ2n) is 11.2. The van der Waals surface area contributed by atoms with E-state index in [1.54, 1.807) is 30.3 Å². The summed E-state index contributed by atoms with van der Waals surface area (Å²) in [5, 5.41) is 12.8. The molecule has 0 aliphatic carbocycles. The molecule has 0 bridgehead atoms. The van der Waals surface area contributed by atoms with Gasteiger partial charge in [-0.2, -0.15) is 0 Å². The molecular weight excluding hydrogens is 738 g/mol. The first-order valence-corrected chi connectivity index (χ1v) is 16.1. The van der Waals surface area contributed by atoms with Gasteiger partial charge in [-0.15, -0.1) is 0 Å². The van der Waals surface area contributed by atoms with Crippen molar-refractivity contribution in [2.45, 2.75) is 26.1 Å². The second-order valence-corrected chi connectivity index (χ2v) is 11.2. The fourth-order valence-electron chi connectivity index (χ4n) is 4.69. The summed E-state index contributed by atoms with van der Waals surface area (Å²) in [6.45, 7) is 2.26. The van der Waals surface area contributed by atoms with E-state index >= 15 is 0 Å². The Morgan fingerprint density at radius 3 is 1.46 bits per heavy atom. The molecule has 0 aliphatic heterocycles. The lowest BCUT2D eigenvalue weighted by Gasteiger charge is -2.24. The van der Waals surface area contributed by atoms with E-state index in [0.717, 1.165) is 38.1 Å². The maximum absolute atomic E-state index is 13.5. The first-order chi connectivity index (χ1) is 26.7. The zero-order chi connectivity index (χ0) is 40.9. The number of esters is 4. The van der Waals surface area contributed by atoms with Crippen molar-refractivity contribution >= 4 is 53.3 Å². The van der Waals surface area contributed by atoms with Gasteiger partial charge in [-0.25, -0.2) is 14.4 Å². The number of carbonyl (C=O) groups excluding carboxylic acids is 7. The summed E-state index contributed by atoms with van der Waals surface area (Å²) < 4.78 is 30.7. The summed E-state index contributed by atoms with van der Waals surface area (Å²) in [7, 11) is 2.41. The number of carboxylic acid groups (broad SMARTS) is 1. The third kappa shape index (κ3) is 10.9. The number of anilines is 1. The highest BCUT2D eigenvalue weighted by Gasteiger charge is 2.41. The van der Waals surface area contributed by atoms with Crippen LogP contribution in [0.15, 0.2) is 91.0 Å². The number of methoxy groups -OCH3 is 2. The molecule has 18 nitrogen and oxygen atoms in total. The number of aliphatic carboxylic acids is 1. The summed E-state index contributed by atoms with van der Waals surface area (Å²) in [5.74, 6) is -9.15. The molecular formula is C38H33N3O15. The van der Waals surface area contributed by atoms with E-state index in [0.29, 0.717) is 11.3 Å². The molecule has 4 rings (SSSR count). The average molecular weight is 772 g/mol. The van der Waals surface area contributed by atoms with E-state index in [2.05, 4.69) is 10.7 Å². The quantitative estimate of drug-likeness (QED) is 0.0817. The third-order valence-corrected chi connectivity index (χ3v) is 7.29. The van der Waals surface area contributed by atoms with Crippen LogP contribution in [0.25, 0.3) is 0 Å². The molecule has 290 valence electrons. The Morgan fingerprint density at radius 1 is 0.536 bits per heavy atom. The highest BCUT2D eigenvalue weighted by Crippen LogP contribution is 2.30.